The third-order valence-corrected chi connectivity index (χ3v) is 3.27. The van der Waals surface area contributed by atoms with E-state index in [0.717, 1.165) is 12.8 Å². The van der Waals surface area contributed by atoms with Gasteiger partial charge in [0.15, 0.2) is 0 Å². The van der Waals surface area contributed by atoms with E-state index in [2.05, 4.69) is 12.8 Å². The fraction of sp³-hybridized carbons (Fsp3) is 0.800. The van der Waals surface area contributed by atoms with E-state index in [9.17, 15) is 4.79 Å². The molecule has 1 aliphatic rings. The van der Waals surface area contributed by atoms with E-state index in [1.807, 2.05) is 20.8 Å². The average Bonchev–Trinajstić information content (AvgIpc) is 2.73. The predicted molar refractivity (Wildman–Crippen MR) is 74.8 cm³/mol. The summed E-state index contributed by atoms with van der Waals surface area (Å²) in [5.41, 5.74) is -0.716. The summed E-state index contributed by atoms with van der Waals surface area (Å²) in [6.45, 7) is 9.51. The van der Waals surface area contributed by atoms with Gasteiger partial charge in [-0.15, -0.1) is 12.3 Å². The Balaban J connectivity index is 2.55. The predicted octanol–water partition coefficient (Wildman–Crippen LogP) is 2.82. The van der Waals surface area contributed by atoms with Crippen LogP contribution in [0.25, 0.3) is 0 Å². The quantitative estimate of drug-likeness (QED) is 0.581. The van der Waals surface area contributed by atoms with Gasteiger partial charge in [0.05, 0.1) is 18.8 Å². The van der Waals surface area contributed by atoms with Crippen LogP contribution in [-0.4, -0.2) is 41.9 Å². The first-order valence-electron chi connectivity index (χ1n) is 6.87. The normalized spacial score (nSPS) is 23.2. The molecule has 4 nitrogen and oxygen atoms in total. The minimum atomic E-state index is -0.459. The van der Waals surface area contributed by atoms with Crippen LogP contribution in [0.5, 0.6) is 0 Å². The van der Waals surface area contributed by atoms with Crippen molar-refractivity contribution in [2.45, 2.75) is 58.2 Å². The summed E-state index contributed by atoms with van der Waals surface area (Å²) in [5.74, 6) is 2.57. The summed E-state index contributed by atoms with van der Waals surface area (Å²) in [7, 11) is 0. The Morgan fingerprint density at radius 1 is 1.47 bits per heavy atom. The zero-order chi connectivity index (χ0) is 14.5. The second-order valence-electron chi connectivity index (χ2n) is 5.99. The fourth-order valence-electron chi connectivity index (χ4n) is 2.16. The third kappa shape index (κ3) is 4.76. The van der Waals surface area contributed by atoms with Crippen molar-refractivity contribution in [2.24, 2.45) is 0 Å². The highest BCUT2D eigenvalue weighted by atomic mass is 16.6. The first kappa shape index (κ1) is 15.8. The molecule has 0 spiro atoms. The number of nitrogens with zero attached hydrogens (tertiary/aromatic N) is 1. The fourth-order valence-corrected chi connectivity index (χ4v) is 2.16. The zero-order valence-electron chi connectivity index (χ0n) is 12.5. The zero-order valence-corrected chi connectivity index (χ0v) is 12.5. The Labute approximate surface area is 116 Å². The van der Waals surface area contributed by atoms with Crippen molar-refractivity contribution in [3.8, 4) is 12.3 Å². The Morgan fingerprint density at radius 3 is 2.68 bits per heavy atom. The molecule has 1 unspecified atom stereocenters. The van der Waals surface area contributed by atoms with E-state index in [-0.39, 0.29) is 11.7 Å². The largest absolute Gasteiger partial charge is 0.444 e. The lowest BCUT2D eigenvalue weighted by Gasteiger charge is -2.29. The minimum Gasteiger partial charge on any atom is -0.444 e. The van der Waals surface area contributed by atoms with Crippen molar-refractivity contribution in [1.82, 2.24) is 4.90 Å². The molecule has 1 atom stereocenters. The summed E-state index contributed by atoms with van der Waals surface area (Å²) in [6.07, 6.45) is 7.29. The summed E-state index contributed by atoms with van der Waals surface area (Å²) in [6, 6.07) is 0. The lowest BCUT2D eigenvalue weighted by atomic mass is 10.00. The van der Waals surface area contributed by atoms with Gasteiger partial charge in [-0.2, -0.15) is 0 Å². The SMILES string of the molecule is C#CCCOC1(CC)CCN(C(=O)OC(C)(C)C)C1. The molecular formula is C15H25NO3. The number of amides is 1. The molecule has 19 heavy (non-hydrogen) atoms. The molecule has 108 valence electrons. The number of rotatable bonds is 4. The van der Waals surface area contributed by atoms with Gasteiger partial charge in [-0.25, -0.2) is 4.79 Å². The number of hydrogen-bond acceptors (Lipinski definition) is 3. The molecule has 1 heterocycles. The highest BCUT2D eigenvalue weighted by Gasteiger charge is 2.40. The van der Waals surface area contributed by atoms with Crippen molar-refractivity contribution in [2.75, 3.05) is 19.7 Å². The van der Waals surface area contributed by atoms with Crippen LogP contribution in [0.15, 0.2) is 0 Å². The maximum Gasteiger partial charge on any atom is 0.410 e. The van der Waals surface area contributed by atoms with Gasteiger partial charge in [0, 0.05) is 13.0 Å². The van der Waals surface area contributed by atoms with Gasteiger partial charge in [-0.3, -0.25) is 0 Å². The molecule has 1 rings (SSSR count). The topological polar surface area (TPSA) is 38.8 Å². The van der Waals surface area contributed by atoms with Crippen molar-refractivity contribution in [3.63, 3.8) is 0 Å². The number of hydrogen-bond donors (Lipinski definition) is 0. The highest BCUT2D eigenvalue weighted by Crippen LogP contribution is 2.30. The van der Waals surface area contributed by atoms with Crippen LogP contribution in [0.1, 0.15) is 47.0 Å². The average molecular weight is 267 g/mol. The van der Waals surface area contributed by atoms with E-state index in [0.29, 0.717) is 26.1 Å². The standard InChI is InChI=1S/C15H25NO3/c1-6-8-11-18-15(7-2)9-10-16(12-15)13(17)19-14(3,4)5/h1H,7-12H2,2-5H3. The van der Waals surface area contributed by atoms with Gasteiger partial charge in [-0.1, -0.05) is 6.92 Å². The molecule has 1 saturated heterocycles. The molecule has 0 aromatic carbocycles. The van der Waals surface area contributed by atoms with Crippen LogP contribution >= 0.6 is 0 Å². The Bertz CT molecular complexity index is 353. The molecule has 0 aromatic heterocycles. The molecule has 1 fully saturated rings. The molecule has 0 aromatic rings. The lowest BCUT2D eigenvalue weighted by molar-refractivity contribution is -0.0399. The van der Waals surface area contributed by atoms with Gasteiger partial charge in [0.25, 0.3) is 0 Å². The summed E-state index contributed by atoms with van der Waals surface area (Å²) in [4.78, 5) is 13.7. The van der Waals surface area contributed by atoms with Gasteiger partial charge < -0.3 is 14.4 Å². The highest BCUT2D eigenvalue weighted by molar-refractivity contribution is 5.68. The Hall–Kier alpha value is -1.21. The van der Waals surface area contributed by atoms with Crippen molar-refractivity contribution in [1.29, 1.82) is 0 Å². The molecule has 4 heteroatoms. The second kappa shape index (κ2) is 6.29. The van der Waals surface area contributed by atoms with Gasteiger partial charge in [0.1, 0.15) is 5.60 Å². The third-order valence-electron chi connectivity index (χ3n) is 3.27. The van der Waals surface area contributed by atoms with E-state index in [1.165, 1.54) is 0 Å². The van der Waals surface area contributed by atoms with Crippen LogP contribution in [0.4, 0.5) is 4.79 Å². The van der Waals surface area contributed by atoms with E-state index in [4.69, 9.17) is 15.9 Å². The van der Waals surface area contributed by atoms with Crippen molar-refractivity contribution >= 4 is 6.09 Å². The maximum absolute atomic E-state index is 12.0. The second-order valence-corrected chi connectivity index (χ2v) is 5.99. The molecule has 0 bridgehead atoms. The van der Waals surface area contributed by atoms with Crippen LogP contribution in [0, 0.1) is 12.3 Å². The molecule has 0 N–H and O–H groups in total. The van der Waals surface area contributed by atoms with E-state index < -0.39 is 5.60 Å². The monoisotopic (exact) mass is 267 g/mol. The van der Waals surface area contributed by atoms with Gasteiger partial charge >= 0.3 is 6.09 Å². The van der Waals surface area contributed by atoms with Gasteiger partial charge in [0.2, 0.25) is 0 Å². The number of terminal acetylenes is 1. The number of ether oxygens (including phenoxy) is 2. The molecule has 0 aliphatic carbocycles. The molecule has 0 radical (unpaired) electrons. The summed E-state index contributed by atoms with van der Waals surface area (Å²) in [5, 5.41) is 0. The van der Waals surface area contributed by atoms with Crippen LogP contribution in [0.2, 0.25) is 0 Å². The number of likely N-dealkylation sites (tertiary alicyclic amines) is 1. The lowest BCUT2D eigenvalue weighted by Crippen LogP contribution is -2.40. The van der Waals surface area contributed by atoms with E-state index >= 15 is 0 Å². The van der Waals surface area contributed by atoms with E-state index in [1.54, 1.807) is 4.90 Å². The smallest absolute Gasteiger partial charge is 0.410 e. The molecular weight excluding hydrogens is 242 g/mol. The first-order chi connectivity index (χ1) is 8.82. The summed E-state index contributed by atoms with van der Waals surface area (Å²) >= 11 is 0. The number of carbonyl (C=O) groups excluding carboxylic acids is 1. The summed E-state index contributed by atoms with van der Waals surface area (Å²) < 4.78 is 11.3. The van der Waals surface area contributed by atoms with Crippen molar-refractivity contribution in [3.05, 3.63) is 0 Å². The molecule has 1 aliphatic heterocycles. The minimum absolute atomic E-state index is 0.256. The molecule has 0 saturated carbocycles. The Morgan fingerprint density at radius 2 is 2.16 bits per heavy atom. The van der Waals surface area contributed by atoms with Gasteiger partial charge in [-0.05, 0) is 33.6 Å². The first-order valence-corrected chi connectivity index (χ1v) is 6.87. The maximum atomic E-state index is 12.0. The van der Waals surface area contributed by atoms with Crippen LogP contribution < -0.4 is 0 Å². The Kier molecular flexibility index (Phi) is 5.25. The van der Waals surface area contributed by atoms with Crippen LogP contribution in [0.3, 0.4) is 0 Å². The van der Waals surface area contributed by atoms with Crippen molar-refractivity contribution < 1.29 is 14.3 Å². The van der Waals surface area contributed by atoms with Crippen LogP contribution in [-0.2, 0) is 9.47 Å². The molecule has 1 amide bonds. The number of carbonyl (C=O) groups is 1.